The Labute approximate surface area is 121 Å². The third-order valence-electron chi connectivity index (χ3n) is 1.48. The second-order valence-corrected chi connectivity index (χ2v) is 7.30. The van der Waals surface area contributed by atoms with Gasteiger partial charge in [0.2, 0.25) is 0 Å². The molecule has 0 aromatic rings. The highest BCUT2D eigenvalue weighted by atomic mass is 32.3. The van der Waals surface area contributed by atoms with Crippen LogP contribution < -0.4 is 0 Å². The Morgan fingerprint density at radius 2 is 1.00 bits per heavy atom. The molecular formula is C5H14O13S3. The maximum absolute atomic E-state index is 10.1. The lowest BCUT2D eigenvalue weighted by Crippen LogP contribution is -2.29. The molecule has 130 valence electrons. The summed E-state index contributed by atoms with van der Waals surface area (Å²) in [4.78, 5) is 0. The molecule has 5 N–H and O–H groups in total. The minimum absolute atomic E-state index is 0.181. The molecule has 13 nitrogen and oxygen atoms in total. The van der Waals surface area contributed by atoms with Gasteiger partial charge in [-0.25, -0.2) is 0 Å². The molecule has 0 unspecified atom stereocenters. The SMILES string of the molecule is CC(CO)(CO)CO.O=S(=O)(O)OS(=O)(=O)OS(=O)(=O)O. The summed E-state index contributed by atoms with van der Waals surface area (Å²) in [6, 6.07) is 0. The predicted molar refractivity (Wildman–Crippen MR) is 63.6 cm³/mol. The topological polar surface area (TPSA) is 222 Å². The number of aliphatic hydroxyl groups is 3. The first kappa shape index (κ1) is 22.8. The molecule has 0 radical (unpaired) electrons. The van der Waals surface area contributed by atoms with Gasteiger partial charge in [-0.2, -0.15) is 25.3 Å². The first-order valence-electron chi connectivity index (χ1n) is 4.54. The number of hydrogen-bond donors (Lipinski definition) is 5. The van der Waals surface area contributed by atoms with Crippen molar-refractivity contribution in [2.24, 2.45) is 5.41 Å². The zero-order valence-electron chi connectivity index (χ0n) is 10.3. The molecule has 0 spiro atoms. The van der Waals surface area contributed by atoms with Crippen LogP contribution >= 0.6 is 0 Å². The fraction of sp³-hybridized carbons (Fsp3) is 1.00. The predicted octanol–water partition coefficient (Wildman–Crippen LogP) is -3.16. The van der Waals surface area contributed by atoms with Crippen molar-refractivity contribution in [1.29, 1.82) is 0 Å². The van der Waals surface area contributed by atoms with Crippen molar-refractivity contribution in [1.82, 2.24) is 0 Å². The van der Waals surface area contributed by atoms with Gasteiger partial charge in [-0.05, 0) is 0 Å². The molecule has 0 aliphatic carbocycles. The minimum atomic E-state index is -5.57. The molecule has 0 fully saturated rings. The summed E-state index contributed by atoms with van der Waals surface area (Å²) in [5.41, 5.74) is -0.708. The Hall–Kier alpha value is -0.430. The van der Waals surface area contributed by atoms with Crippen LogP contribution in [0.4, 0.5) is 0 Å². The van der Waals surface area contributed by atoms with Gasteiger partial charge >= 0.3 is 31.2 Å². The summed E-state index contributed by atoms with van der Waals surface area (Å²) in [7, 11) is -16.5. The fourth-order valence-corrected chi connectivity index (χ4v) is 2.35. The van der Waals surface area contributed by atoms with Crippen molar-refractivity contribution in [2.45, 2.75) is 6.92 Å². The van der Waals surface area contributed by atoms with Gasteiger partial charge in [0.25, 0.3) is 0 Å². The molecular weight excluding hydrogens is 364 g/mol. The molecule has 0 bridgehead atoms. The van der Waals surface area contributed by atoms with Gasteiger partial charge in [0.05, 0.1) is 19.8 Å². The van der Waals surface area contributed by atoms with E-state index in [0.29, 0.717) is 0 Å². The van der Waals surface area contributed by atoms with Crippen molar-refractivity contribution in [3.8, 4) is 0 Å². The molecule has 0 rings (SSSR count). The molecule has 0 heterocycles. The quantitative estimate of drug-likeness (QED) is 0.276. The van der Waals surface area contributed by atoms with E-state index in [0.717, 1.165) is 0 Å². The molecule has 0 aromatic carbocycles. The van der Waals surface area contributed by atoms with E-state index >= 15 is 0 Å². The average molecular weight is 378 g/mol. The van der Waals surface area contributed by atoms with Crippen LogP contribution in [0.1, 0.15) is 6.92 Å². The first-order valence-corrected chi connectivity index (χ1v) is 8.60. The smallest absolute Gasteiger partial charge is 0.396 e. The van der Waals surface area contributed by atoms with Crippen molar-refractivity contribution < 1.29 is 56.9 Å². The normalized spacial score (nSPS) is 13.4. The lowest BCUT2D eigenvalue weighted by molar-refractivity contribution is 0.0200. The summed E-state index contributed by atoms with van der Waals surface area (Å²) in [5, 5.41) is 25.4. The van der Waals surface area contributed by atoms with Crippen LogP contribution in [0.25, 0.3) is 0 Å². The largest absolute Gasteiger partial charge is 0.432 e. The molecule has 16 heteroatoms. The zero-order chi connectivity index (χ0) is 17.5. The number of rotatable bonds is 7. The van der Waals surface area contributed by atoms with Gasteiger partial charge in [-0.15, -0.1) is 0 Å². The van der Waals surface area contributed by atoms with Crippen molar-refractivity contribution in [3.05, 3.63) is 0 Å². The maximum atomic E-state index is 10.1. The maximum Gasteiger partial charge on any atom is 0.432 e. The highest BCUT2D eigenvalue weighted by Gasteiger charge is 2.27. The van der Waals surface area contributed by atoms with Crippen LogP contribution in [0.15, 0.2) is 0 Å². The van der Waals surface area contributed by atoms with E-state index in [9.17, 15) is 25.3 Å². The van der Waals surface area contributed by atoms with Crippen molar-refractivity contribution >= 4 is 31.2 Å². The van der Waals surface area contributed by atoms with Gasteiger partial charge in [0.15, 0.2) is 0 Å². The fourth-order valence-electron chi connectivity index (χ4n) is 0.372. The van der Waals surface area contributed by atoms with E-state index in [-0.39, 0.29) is 19.8 Å². The van der Waals surface area contributed by atoms with Crippen molar-refractivity contribution in [2.75, 3.05) is 19.8 Å². The lowest BCUT2D eigenvalue weighted by Gasteiger charge is -2.20. The van der Waals surface area contributed by atoms with Gasteiger partial charge in [-0.3, -0.25) is 9.11 Å². The summed E-state index contributed by atoms with van der Waals surface area (Å²) in [6.45, 7) is 1.06. The van der Waals surface area contributed by atoms with Gasteiger partial charge < -0.3 is 15.3 Å². The first-order chi connectivity index (χ1) is 9.10. The molecule has 0 saturated heterocycles. The Bertz CT molecular complexity index is 546. The summed E-state index contributed by atoms with van der Waals surface area (Å²) >= 11 is 0. The van der Waals surface area contributed by atoms with Crippen LogP contribution in [-0.4, -0.2) is 69.5 Å². The van der Waals surface area contributed by atoms with Crippen LogP contribution in [0.5, 0.6) is 0 Å². The lowest BCUT2D eigenvalue weighted by atomic mass is 9.95. The van der Waals surface area contributed by atoms with E-state index in [2.05, 4.69) is 7.26 Å². The zero-order valence-corrected chi connectivity index (χ0v) is 12.8. The molecule has 0 aromatic heterocycles. The molecule has 21 heavy (non-hydrogen) atoms. The van der Waals surface area contributed by atoms with Gasteiger partial charge in [-0.1, -0.05) is 14.2 Å². The average Bonchev–Trinajstić information content (AvgIpc) is 2.22. The number of aliphatic hydroxyl groups excluding tert-OH is 3. The van der Waals surface area contributed by atoms with Crippen LogP contribution in [0.2, 0.25) is 0 Å². The van der Waals surface area contributed by atoms with E-state index in [1.54, 1.807) is 6.92 Å². The Morgan fingerprint density at radius 1 is 0.762 bits per heavy atom. The van der Waals surface area contributed by atoms with Crippen LogP contribution in [0, 0.1) is 5.41 Å². The van der Waals surface area contributed by atoms with E-state index in [1.165, 1.54) is 0 Å². The van der Waals surface area contributed by atoms with E-state index in [1.807, 2.05) is 0 Å². The van der Waals surface area contributed by atoms with Crippen molar-refractivity contribution in [3.63, 3.8) is 0 Å². The Kier molecular flexibility index (Phi) is 8.99. The number of hydrogen-bond acceptors (Lipinski definition) is 11. The second kappa shape index (κ2) is 8.27. The van der Waals surface area contributed by atoms with Crippen LogP contribution in [0.3, 0.4) is 0 Å². The van der Waals surface area contributed by atoms with Crippen LogP contribution in [-0.2, 0) is 38.5 Å². The summed E-state index contributed by atoms with van der Waals surface area (Å²) in [5.74, 6) is 0. The van der Waals surface area contributed by atoms with E-state index in [4.69, 9.17) is 24.4 Å². The molecule has 0 amide bonds. The third-order valence-corrected chi connectivity index (χ3v) is 4.19. The Balaban J connectivity index is 0. The molecule has 0 atom stereocenters. The standard InChI is InChI=1S/C5H12O3.H2O10S3/c1-5(2-6,3-7)4-8;1-11(2,3)9-13(7,8)10-12(4,5)6/h6-8H,2-4H2,1H3;(H,1,2,3)(H,4,5,6). The highest BCUT2D eigenvalue weighted by molar-refractivity contribution is 8.00. The second-order valence-electron chi connectivity index (χ2n) is 3.68. The summed E-state index contributed by atoms with van der Waals surface area (Å²) < 4.78 is 80.2. The monoisotopic (exact) mass is 378 g/mol. The molecule has 0 aliphatic rings. The molecule has 0 aliphatic heterocycles. The summed E-state index contributed by atoms with van der Waals surface area (Å²) in [6.07, 6.45) is 0. The third kappa shape index (κ3) is 14.3. The molecule has 0 saturated carbocycles. The minimum Gasteiger partial charge on any atom is -0.396 e. The van der Waals surface area contributed by atoms with Gasteiger partial charge in [0.1, 0.15) is 0 Å². The van der Waals surface area contributed by atoms with Gasteiger partial charge in [0, 0.05) is 5.41 Å². The Morgan fingerprint density at radius 3 is 1.10 bits per heavy atom. The van der Waals surface area contributed by atoms with E-state index < -0.39 is 36.6 Å². The highest BCUT2D eigenvalue weighted by Crippen LogP contribution is 2.11.